The minimum absolute atomic E-state index is 0.127. The first-order chi connectivity index (χ1) is 7.28. The van der Waals surface area contributed by atoms with Crippen LogP contribution in [0.4, 0.5) is 0 Å². The predicted molar refractivity (Wildman–Crippen MR) is 61.7 cm³/mol. The lowest BCUT2D eigenvalue weighted by Gasteiger charge is -2.47. The van der Waals surface area contributed by atoms with Gasteiger partial charge in [0.05, 0.1) is 0 Å². The highest BCUT2D eigenvalue weighted by molar-refractivity contribution is 5.83. The summed E-state index contributed by atoms with van der Waals surface area (Å²) in [6.07, 6.45) is 9.60. The van der Waals surface area contributed by atoms with Gasteiger partial charge in [-0.25, -0.2) is 0 Å². The molecule has 1 N–H and O–H groups in total. The summed E-state index contributed by atoms with van der Waals surface area (Å²) in [6, 6.07) is 0. The highest BCUT2D eigenvalue weighted by Crippen LogP contribution is 2.40. The predicted octanol–water partition coefficient (Wildman–Crippen LogP) is 2.44. The third-order valence-electron chi connectivity index (χ3n) is 4.06. The number of nitrogens with one attached hydrogen (secondary N) is 1. The van der Waals surface area contributed by atoms with E-state index in [0.29, 0.717) is 11.7 Å². The highest BCUT2D eigenvalue weighted by Gasteiger charge is 2.45. The minimum atomic E-state index is 0.127. The Balaban J connectivity index is 2.14. The molecule has 1 aliphatic carbocycles. The molecule has 2 heteroatoms. The number of rotatable bonds is 3. The fourth-order valence-electron chi connectivity index (χ4n) is 3.28. The van der Waals surface area contributed by atoms with Gasteiger partial charge in [-0.1, -0.05) is 18.9 Å². The maximum absolute atomic E-state index is 11.9. The monoisotopic (exact) mass is 207 g/mol. The molecule has 0 aromatic carbocycles. The van der Waals surface area contributed by atoms with E-state index in [2.05, 4.69) is 11.9 Å². The molecule has 1 aliphatic heterocycles. The third-order valence-corrected chi connectivity index (χ3v) is 4.06. The van der Waals surface area contributed by atoms with Gasteiger partial charge in [0, 0.05) is 24.4 Å². The molecule has 1 saturated heterocycles. The number of carbonyl (C=O) groups is 1. The van der Waals surface area contributed by atoms with E-state index >= 15 is 0 Å². The molecule has 2 fully saturated rings. The van der Waals surface area contributed by atoms with Gasteiger partial charge in [-0.2, -0.15) is 0 Å². The summed E-state index contributed by atoms with van der Waals surface area (Å²) in [4.78, 5) is 11.9. The normalized spacial score (nSPS) is 36.0. The van der Waals surface area contributed by atoms with Gasteiger partial charge in [-0.3, -0.25) is 4.79 Å². The molecule has 2 aliphatic rings. The molecular weight excluding hydrogens is 186 g/mol. The first kappa shape index (κ1) is 10.9. The molecule has 0 spiro atoms. The molecule has 0 radical (unpaired) electrons. The van der Waals surface area contributed by atoms with Gasteiger partial charge in [0.25, 0.3) is 0 Å². The third kappa shape index (κ3) is 2.00. The Hall–Kier alpha value is -0.630. The van der Waals surface area contributed by atoms with Crippen molar-refractivity contribution in [2.75, 3.05) is 6.54 Å². The topological polar surface area (TPSA) is 29.1 Å². The van der Waals surface area contributed by atoms with Crippen molar-refractivity contribution in [3.63, 3.8) is 0 Å². The quantitative estimate of drug-likeness (QED) is 0.720. The molecule has 1 heterocycles. The Labute approximate surface area is 92.1 Å². The van der Waals surface area contributed by atoms with E-state index in [1.807, 2.05) is 6.08 Å². The summed E-state index contributed by atoms with van der Waals surface area (Å²) in [5.41, 5.74) is 0.127. The second kappa shape index (κ2) is 4.48. The van der Waals surface area contributed by atoms with E-state index in [-0.39, 0.29) is 5.54 Å². The average molecular weight is 207 g/mol. The SMILES string of the molecule is C=CCC[C@]12CCCC[C@H]1C(=O)CCN2. The van der Waals surface area contributed by atoms with Gasteiger partial charge in [0.15, 0.2) is 0 Å². The van der Waals surface area contributed by atoms with Crippen LogP contribution in [0.2, 0.25) is 0 Å². The molecule has 1 saturated carbocycles. The Bertz CT molecular complexity index is 257. The first-order valence-electron chi connectivity index (χ1n) is 6.17. The number of carbonyl (C=O) groups excluding carboxylic acids is 1. The Kier molecular flexibility index (Phi) is 3.25. The van der Waals surface area contributed by atoms with Crippen molar-refractivity contribution in [1.29, 1.82) is 0 Å². The second-order valence-electron chi connectivity index (χ2n) is 4.92. The smallest absolute Gasteiger partial charge is 0.139 e. The van der Waals surface area contributed by atoms with Crippen molar-refractivity contribution in [2.24, 2.45) is 5.92 Å². The van der Waals surface area contributed by atoms with Crippen LogP contribution in [0.25, 0.3) is 0 Å². The van der Waals surface area contributed by atoms with Crippen molar-refractivity contribution in [3.8, 4) is 0 Å². The van der Waals surface area contributed by atoms with E-state index in [9.17, 15) is 4.79 Å². The van der Waals surface area contributed by atoms with Crippen LogP contribution in [0.1, 0.15) is 44.9 Å². The molecule has 0 unspecified atom stereocenters. The second-order valence-corrected chi connectivity index (χ2v) is 4.92. The van der Waals surface area contributed by atoms with Gasteiger partial charge in [-0.05, 0) is 25.7 Å². The Morgan fingerprint density at radius 3 is 3.20 bits per heavy atom. The van der Waals surface area contributed by atoms with Gasteiger partial charge in [0.2, 0.25) is 0 Å². The van der Waals surface area contributed by atoms with Crippen LogP contribution in [0, 0.1) is 5.92 Å². The van der Waals surface area contributed by atoms with E-state index in [4.69, 9.17) is 0 Å². The van der Waals surface area contributed by atoms with Gasteiger partial charge in [0.1, 0.15) is 5.78 Å². The lowest BCUT2D eigenvalue weighted by Crippen LogP contribution is -2.59. The molecule has 2 atom stereocenters. The maximum Gasteiger partial charge on any atom is 0.139 e. The first-order valence-corrected chi connectivity index (χ1v) is 6.17. The fraction of sp³-hybridized carbons (Fsp3) is 0.769. The molecule has 2 nitrogen and oxygen atoms in total. The van der Waals surface area contributed by atoms with E-state index < -0.39 is 0 Å². The lowest BCUT2D eigenvalue weighted by molar-refractivity contribution is -0.129. The molecule has 0 amide bonds. The largest absolute Gasteiger partial charge is 0.310 e. The minimum Gasteiger partial charge on any atom is -0.310 e. The number of fused-ring (bicyclic) bond motifs is 1. The van der Waals surface area contributed by atoms with Crippen molar-refractivity contribution >= 4 is 5.78 Å². The summed E-state index contributed by atoms with van der Waals surface area (Å²) in [7, 11) is 0. The molecular formula is C13H21NO. The molecule has 0 bridgehead atoms. The van der Waals surface area contributed by atoms with E-state index in [1.54, 1.807) is 0 Å². The fourth-order valence-corrected chi connectivity index (χ4v) is 3.28. The summed E-state index contributed by atoms with van der Waals surface area (Å²) in [5.74, 6) is 0.789. The molecule has 0 aromatic heterocycles. The summed E-state index contributed by atoms with van der Waals surface area (Å²) < 4.78 is 0. The number of hydrogen-bond donors (Lipinski definition) is 1. The molecule has 2 rings (SSSR count). The average Bonchev–Trinajstić information content (AvgIpc) is 2.27. The van der Waals surface area contributed by atoms with Crippen LogP contribution in [-0.2, 0) is 4.79 Å². The van der Waals surface area contributed by atoms with Gasteiger partial charge >= 0.3 is 0 Å². The van der Waals surface area contributed by atoms with E-state index in [0.717, 1.165) is 32.2 Å². The standard InChI is InChI=1S/C13H21NO/c1-2-3-8-13-9-5-4-6-11(13)12(15)7-10-14-13/h2,11,14H,1,3-10H2/t11-,13-/m0/s1. The van der Waals surface area contributed by atoms with Crippen LogP contribution >= 0.6 is 0 Å². The van der Waals surface area contributed by atoms with Gasteiger partial charge in [-0.15, -0.1) is 6.58 Å². The Morgan fingerprint density at radius 2 is 2.40 bits per heavy atom. The van der Waals surface area contributed by atoms with Crippen molar-refractivity contribution in [3.05, 3.63) is 12.7 Å². The highest BCUT2D eigenvalue weighted by atomic mass is 16.1. The number of hydrogen-bond acceptors (Lipinski definition) is 2. The molecule has 84 valence electrons. The van der Waals surface area contributed by atoms with Crippen LogP contribution in [-0.4, -0.2) is 17.9 Å². The molecule has 15 heavy (non-hydrogen) atoms. The zero-order valence-electron chi connectivity index (χ0n) is 9.43. The van der Waals surface area contributed by atoms with Crippen LogP contribution in [0.15, 0.2) is 12.7 Å². The zero-order chi connectivity index (χ0) is 10.7. The van der Waals surface area contributed by atoms with E-state index in [1.165, 1.54) is 19.3 Å². The number of Topliss-reactive ketones (excluding diaryl/α,β-unsaturated/α-hetero) is 1. The van der Waals surface area contributed by atoms with Crippen LogP contribution < -0.4 is 5.32 Å². The van der Waals surface area contributed by atoms with Crippen LogP contribution in [0.5, 0.6) is 0 Å². The summed E-state index contributed by atoms with van der Waals surface area (Å²) in [6.45, 7) is 4.67. The van der Waals surface area contributed by atoms with Crippen molar-refractivity contribution in [1.82, 2.24) is 5.32 Å². The number of allylic oxidation sites excluding steroid dienone is 1. The van der Waals surface area contributed by atoms with Crippen LogP contribution in [0.3, 0.4) is 0 Å². The summed E-state index contributed by atoms with van der Waals surface area (Å²) in [5, 5.41) is 3.63. The van der Waals surface area contributed by atoms with Crippen molar-refractivity contribution in [2.45, 2.75) is 50.5 Å². The lowest BCUT2D eigenvalue weighted by atomic mass is 9.66. The summed E-state index contributed by atoms with van der Waals surface area (Å²) >= 11 is 0. The number of ketones is 1. The van der Waals surface area contributed by atoms with Crippen molar-refractivity contribution < 1.29 is 4.79 Å². The number of piperidine rings is 1. The Morgan fingerprint density at radius 1 is 1.53 bits per heavy atom. The molecule has 0 aromatic rings. The van der Waals surface area contributed by atoms with Gasteiger partial charge < -0.3 is 5.32 Å². The maximum atomic E-state index is 11.9. The zero-order valence-corrected chi connectivity index (χ0v) is 9.43.